The van der Waals surface area contributed by atoms with E-state index in [0.717, 1.165) is 22.1 Å². The van der Waals surface area contributed by atoms with Gasteiger partial charge in [-0.2, -0.15) is 0 Å². The van der Waals surface area contributed by atoms with Gasteiger partial charge in [-0.3, -0.25) is 14.5 Å². The maximum atomic E-state index is 13.2. The lowest BCUT2D eigenvalue weighted by atomic mass is 9.87. The molecule has 6 nitrogen and oxygen atoms in total. The molecule has 1 atom stereocenters. The Bertz CT molecular complexity index is 1430. The average molecular weight is 483 g/mol. The van der Waals surface area contributed by atoms with Crippen molar-refractivity contribution >= 4 is 39.2 Å². The van der Waals surface area contributed by atoms with Gasteiger partial charge in [0, 0.05) is 16.8 Å². The zero-order valence-corrected chi connectivity index (χ0v) is 20.2. The summed E-state index contributed by atoms with van der Waals surface area (Å²) in [5.41, 5.74) is 8.94. The Morgan fingerprint density at radius 1 is 1.06 bits per heavy atom. The molecule has 1 aliphatic heterocycles. The summed E-state index contributed by atoms with van der Waals surface area (Å²) in [4.78, 5) is 32.1. The summed E-state index contributed by atoms with van der Waals surface area (Å²) < 4.78 is 1.20. The van der Waals surface area contributed by atoms with Crippen LogP contribution in [0.3, 0.4) is 0 Å². The van der Waals surface area contributed by atoms with Crippen LogP contribution < -0.4 is 11.1 Å². The van der Waals surface area contributed by atoms with E-state index in [1.807, 2.05) is 55.5 Å². The fourth-order valence-electron chi connectivity index (χ4n) is 4.38. The molecule has 3 aromatic carbocycles. The first-order valence-electron chi connectivity index (χ1n) is 11.5. The maximum absolute atomic E-state index is 13.2. The number of rotatable bonds is 6. The second-order valence-electron chi connectivity index (χ2n) is 8.94. The standard InChI is InChI=1S/C28H26N4O2S/c1-28(23-10-11-24-21(15-23)12-13-35-24)16-25(33)32(27(29)31-28)18-20-8-5-9-22(14-20)26(34)30-17-19-6-3-2-4-7-19/h2-15H,16-18H2,1H3,(H2,29,31)(H,30,34)/t28-/m0/s1. The molecule has 2 heterocycles. The van der Waals surface area contributed by atoms with E-state index in [4.69, 9.17) is 10.7 Å². The normalized spacial score (nSPS) is 17.9. The lowest BCUT2D eigenvalue weighted by Crippen LogP contribution is -2.49. The lowest BCUT2D eigenvalue weighted by molar-refractivity contribution is -0.130. The molecule has 0 spiro atoms. The zero-order chi connectivity index (χ0) is 24.4. The van der Waals surface area contributed by atoms with Crippen LogP contribution in [0, 0.1) is 0 Å². The largest absolute Gasteiger partial charge is 0.369 e. The van der Waals surface area contributed by atoms with Crippen LogP contribution in [-0.4, -0.2) is 22.7 Å². The Labute approximate surface area is 208 Å². The van der Waals surface area contributed by atoms with Crippen molar-refractivity contribution in [1.82, 2.24) is 10.2 Å². The average Bonchev–Trinajstić information content (AvgIpc) is 3.34. The number of hydrogen-bond acceptors (Lipinski definition) is 5. The van der Waals surface area contributed by atoms with E-state index in [1.165, 1.54) is 9.60 Å². The Morgan fingerprint density at radius 2 is 1.86 bits per heavy atom. The van der Waals surface area contributed by atoms with Crippen LogP contribution in [0.4, 0.5) is 0 Å². The van der Waals surface area contributed by atoms with Gasteiger partial charge < -0.3 is 11.1 Å². The zero-order valence-electron chi connectivity index (χ0n) is 19.4. The van der Waals surface area contributed by atoms with Gasteiger partial charge in [0.2, 0.25) is 5.91 Å². The van der Waals surface area contributed by atoms with Gasteiger partial charge in [-0.05, 0) is 64.7 Å². The highest BCUT2D eigenvalue weighted by atomic mass is 32.1. The number of carbonyl (C=O) groups excluding carboxylic acids is 2. The van der Waals surface area contributed by atoms with Crippen LogP contribution in [0.25, 0.3) is 10.1 Å². The van der Waals surface area contributed by atoms with Gasteiger partial charge in [0.05, 0.1) is 18.5 Å². The minimum atomic E-state index is -0.715. The monoisotopic (exact) mass is 482 g/mol. The first-order valence-corrected chi connectivity index (χ1v) is 12.3. The molecule has 176 valence electrons. The number of guanidine groups is 1. The predicted octanol–water partition coefficient (Wildman–Crippen LogP) is 4.79. The molecule has 4 aromatic rings. The van der Waals surface area contributed by atoms with Crippen LogP contribution in [0.1, 0.15) is 40.4 Å². The molecule has 1 aromatic heterocycles. The highest BCUT2D eigenvalue weighted by Gasteiger charge is 2.37. The van der Waals surface area contributed by atoms with Crippen LogP contribution >= 0.6 is 11.3 Å². The van der Waals surface area contributed by atoms with E-state index >= 15 is 0 Å². The molecule has 3 N–H and O–H groups in total. The molecule has 0 aliphatic carbocycles. The molecule has 0 saturated carbocycles. The summed E-state index contributed by atoms with van der Waals surface area (Å²) in [6.07, 6.45) is 0.223. The van der Waals surface area contributed by atoms with Crippen molar-refractivity contribution < 1.29 is 9.59 Å². The van der Waals surface area contributed by atoms with Crippen molar-refractivity contribution in [3.63, 3.8) is 0 Å². The van der Waals surface area contributed by atoms with Gasteiger partial charge in [0.25, 0.3) is 5.91 Å². The van der Waals surface area contributed by atoms with Crippen molar-refractivity contribution in [2.75, 3.05) is 0 Å². The van der Waals surface area contributed by atoms with E-state index in [0.29, 0.717) is 12.1 Å². The first-order chi connectivity index (χ1) is 16.9. The number of amides is 2. The summed E-state index contributed by atoms with van der Waals surface area (Å²) in [5, 5.41) is 6.13. The van der Waals surface area contributed by atoms with E-state index in [2.05, 4.69) is 28.9 Å². The molecule has 1 aliphatic rings. The molecule has 0 radical (unpaired) electrons. The first kappa shape index (κ1) is 22.8. The minimum Gasteiger partial charge on any atom is -0.369 e. The molecule has 0 unspecified atom stereocenters. The number of aliphatic imine (C=N–C) groups is 1. The predicted molar refractivity (Wildman–Crippen MR) is 140 cm³/mol. The molecule has 0 bridgehead atoms. The molecule has 0 fully saturated rings. The smallest absolute Gasteiger partial charge is 0.251 e. The van der Waals surface area contributed by atoms with Gasteiger partial charge in [-0.25, -0.2) is 4.99 Å². The summed E-state index contributed by atoms with van der Waals surface area (Å²) in [6, 6.07) is 25.2. The molecule has 5 rings (SSSR count). The third-order valence-electron chi connectivity index (χ3n) is 6.33. The van der Waals surface area contributed by atoms with E-state index in [1.54, 1.807) is 23.5 Å². The Balaban J connectivity index is 1.31. The summed E-state index contributed by atoms with van der Waals surface area (Å²) in [6.45, 7) is 2.65. The van der Waals surface area contributed by atoms with E-state index < -0.39 is 5.54 Å². The molecule has 7 heteroatoms. The van der Waals surface area contributed by atoms with Gasteiger partial charge in [-0.1, -0.05) is 48.5 Å². The third kappa shape index (κ3) is 4.81. The molecule has 2 amide bonds. The van der Waals surface area contributed by atoms with E-state index in [-0.39, 0.29) is 30.7 Å². The Hall–Kier alpha value is -3.97. The number of fused-ring (bicyclic) bond motifs is 1. The second kappa shape index (κ2) is 9.35. The van der Waals surface area contributed by atoms with Crippen molar-refractivity contribution in [3.05, 3.63) is 106 Å². The van der Waals surface area contributed by atoms with Gasteiger partial charge in [-0.15, -0.1) is 11.3 Å². The SMILES string of the molecule is C[C@@]1(c2ccc3sccc3c2)CC(=O)N(Cc2cccc(C(=O)NCc3ccccc3)c2)C(N)=N1. The fourth-order valence-corrected chi connectivity index (χ4v) is 5.15. The molecule has 35 heavy (non-hydrogen) atoms. The van der Waals surface area contributed by atoms with Crippen molar-refractivity contribution in [1.29, 1.82) is 0 Å². The summed E-state index contributed by atoms with van der Waals surface area (Å²) >= 11 is 1.69. The van der Waals surface area contributed by atoms with Crippen LogP contribution in [0.15, 0.2) is 89.2 Å². The van der Waals surface area contributed by atoms with Crippen LogP contribution in [0.5, 0.6) is 0 Å². The quantitative estimate of drug-likeness (QED) is 0.414. The number of carbonyl (C=O) groups is 2. The number of benzene rings is 3. The topological polar surface area (TPSA) is 87.8 Å². The van der Waals surface area contributed by atoms with Crippen molar-refractivity contribution in [2.24, 2.45) is 10.7 Å². The van der Waals surface area contributed by atoms with Gasteiger partial charge in [0.1, 0.15) is 0 Å². The number of hydrogen-bond donors (Lipinski definition) is 2. The lowest BCUT2D eigenvalue weighted by Gasteiger charge is -2.35. The highest BCUT2D eigenvalue weighted by Crippen LogP contribution is 2.36. The number of nitrogens with one attached hydrogen (secondary N) is 1. The minimum absolute atomic E-state index is 0.0932. The summed E-state index contributed by atoms with van der Waals surface area (Å²) in [5.74, 6) is -0.0730. The van der Waals surface area contributed by atoms with Crippen LogP contribution in [0.2, 0.25) is 0 Å². The fraction of sp³-hybridized carbons (Fsp3) is 0.179. The van der Waals surface area contributed by atoms with Gasteiger partial charge in [0.15, 0.2) is 5.96 Å². The molecular weight excluding hydrogens is 456 g/mol. The number of thiophene rings is 1. The maximum Gasteiger partial charge on any atom is 0.251 e. The second-order valence-corrected chi connectivity index (χ2v) is 9.89. The number of nitrogens with two attached hydrogens (primary N) is 1. The molecular formula is C28H26N4O2S. The van der Waals surface area contributed by atoms with Crippen molar-refractivity contribution in [3.8, 4) is 0 Å². The number of nitrogens with zero attached hydrogens (tertiary/aromatic N) is 2. The Morgan fingerprint density at radius 3 is 2.66 bits per heavy atom. The van der Waals surface area contributed by atoms with Crippen LogP contribution in [-0.2, 0) is 23.4 Å². The van der Waals surface area contributed by atoms with Gasteiger partial charge >= 0.3 is 0 Å². The Kier molecular flexibility index (Phi) is 6.09. The summed E-state index contributed by atoms with van der Waals surface area (Å²) in [7, 11) is 0. The van der Waals surface area contributed by atoms with E-state index in [9.17, 15) is 9.59 Å². The highest BCUT2D eigenvalue weighted by molar-refractivity contribution is 7.17. The van der Waals surface area contributed by atoms with Crippen molar-refractivity contribution in [2.45, 2.75) is 32.0 Å². The third-order valence-corrected chi connectivity index (χ3v) is 7.23. The molecule has 0 saturated heterocycles.